The van der Waals surface area contributed by atoms with Gasteiger partial charge in [-0.1, -0.05) is 12.1 Å². The van der Waals surface area contributed by atoms with Gasteiger partial charge in [-0.3, -0.25) is 10.1 Å². The van der Waals surface area contributed by atoms with Crippen molar-refractivity contribution in [2.45, 2.75) is 6.61 Å². The fourth-order valence-corrected chi connectivity index (χ4v) is 2.28. The molecule has 0 N–H and O–H groups in total. The number of methoxy groups -OCH3 is 1. The Morgan fingerprint density at radius 2 is 2.08 bits per heavy atom. The Morgan fingerprint density at radius 3 is 2.83 bits per heavy atom. The van der Waals surface area contributed by atoms with Crippen molar-refractivity contribution in [3.63, 3.8) is 0 Å². The van der Waals surface area contributed by atoms with Gasteiger partial charge < -0.3 is 13.9 Å². The highest BCUT2D eigenvalue weighted by molar-refractivity contribution is 5.95. The van der Waals surface area contributed by atoms with Crippen LogP contribution in [0, 0.1) is 10.1 Å². The number of carbonyl (C=O) groups is 1. The molecule has 24 heavy (non-hydrogen) atoms. The van der Waals surface area contributed by atoms with Crippen LogP contribution in [0.3, 0.4) is 0 Å². The van der Waals surface area contributed by atoms with E-state index in [0.717, 1.165) is 0 Å². The molecule has 2 aromatic heterocycles. The van der Waals surface area contributed by atoms with Gasteiger partial charge >= 0.3 is 11.7 Å². The number of nitro groups is 1. The molecule has 0 amide bonds. The van der Waals surface area contributed by atoms with Gasteiger partial charge in [0.05, 0.1) is 17.7 Å². The van der Waals surface area contributed by atoms with Crippen molar-refractivity contribution in [1.29, 1.82) is 0 Å². The molecule has 2 heterocycles. The van der Waals surface area contributed by atoms with Crippen molar-refractivity contribution in [2.24, 2.45) is 0 Å². The molecule has 0 spiro atoms. The number of nitrogens with zero attached hydrogens (tertiary/aromatic N) is 3. The number of aromatic nitrogens is 2. The van der Waals surface area contributed by atoms with Crippen molar-refractivity contribution in [2.75, 3.05) is 7.11 Å². The van der Waals surface area contributed by atoms with Crippen LogP contribution in [-0.4, -0.2) is 27.4 Å². The Labute approximate surface area is 136 Å². The number of benzene rings is 1. The second-order valence-corrected chi connectivity index (χ2v) is 4.89. The van der Waals surface area contributed by atoms with Crippen LogP contribution in [0.25, 0.3) is 5.65 Å². The molecule has 0 saturated heterocycles. The van der Waals surface area contributed by atoms with E-state index in [1.807, 2.05) is 0 Å². The highest BCUT2D eigenvalue weighted by atomic mass is 16.6. The highest BCUT2D eigenvalue weighted by Gasteiger charge is 2.16. The minimum absolute atomic E-state index is 0.0349. The normalized spacial score (nSPS) is 10.5. The summed E-state index contributed by atoms with van der Waals surface area (Å²) in [6.45, 7) is 0.0349. The number of nitro benzene ring substituents is 1. The SMILES string of the molecule is COC(=O)c1cccn2cc(COc3ccccc3[N+](=O)[O-])nc12. The number of ether oxygens (including phenoxy) is 2. The number of esters is 1. The molecule has 0 atom stereocenters. The molecule has 0 aliphatic rings. The summed E-state index contributed by atoms with van der Waals surface area (Å²) in [5.74, 6) is -0.329. The van der Waals surface area contributed by atoms with Crippen LogP contribution in [0.15, 0.2) is 48.8 Å². The fraction of sp³-hybridized carbons (Fsp3) is 0.125. The van der Waals surface area contributed by atoms with E-state index in [4.69, 9.17) is 9.47 Å². The predicted molar refractivity (Wildman–Crippen MR) is 84.0 cm³/mol. The van der Waals surface area contributed by atoms with Gasteiger partial charge in [0, 0.05) is 18.5 Å². The van der Waals surface area contributed by atoms with Crippen LogP contribution in [0.1, 0.15) is 16.1 Å². The maximum atomic E-state index is 11.8. The quantitative estimate of drug-likeness (QED) is 0.406. The zero-order valence-corrected chi connectivity index (χ0v) is 12.7. The lowest BCUT2D eigenvalue weighted by Gasteiger charge is -2.04. The van der Waals surface area contributed by atoms with E-state index in [2.05, 4.69) is 4.98 Å². The zero-order valence-electron chi connectivity index (χ0n) is 12.7. The highest BCUT2D eigenvalue weighted by Crippen LogP contribution is 2.26. The molecule has 0 fully saturated rings. The summed E-state index contributed by atoms with van der Waals surface area (Å²) >= 11 is 0. The number of hydrogen-bond acceptors (Lipinski definition) is 6. The molecule has 0 aliphatic heterocycles. The van der Waals surface area contributed by atoms with Crippen LogP contribution < -0.4 is 4.74 Å². The lowest BCUT2D eigenvalue weighted by atomic mass is 10.3. The molecule has 3 aromatic rings. The number of rotatable bonds is 5. The lowest BCUT2D eigenvalue weighted by Crippen LogP contribution is -2.03. The molecule has 3 rings (SSSR count). The maximum Gasteiger partial charge on any atom is 0.341 e. The van der Waals surface area contributed by atoms with E-state index >= 15 is 0 Å². The second-order valence-electron chi connectivity index (χ2n) is 4.89. The molecule has 8 heteroatoms. The van der Waals surface area contributed by atoms with Crippen LogP contribution in [0.4, 0.5) is 5.69 Å². The van der Waals surface area contributed by atoms with Crippen LogP contribution in [0.2, 0.25) is 0 Å². The lowest BCUT2D eigenvalue weighted by molar-refractivity contribution is -0.385. The molecule has 0 radical (unpaired) electrons. The second kappa shape index (κ2) is 6.37. The molecule has 0 saturated carbocycles. The van der Waals surface area contributed by atoms with Crippen molar-refractivity contribution in [3.05, 3.63) is 70.2 Å². The van der Waals surface area contributed by atoms with Gasteiger partial charge in [-0.25, -0.2) is 9.78 Å². The minimum Gasteiger partial charge on any atom is -0.480 e. The van der Waals surface area contributed by atoms with Crippen molar-refractivity contribution in [3.8, 4) is 5.75 Å². The van der Waals surface area contributed by atoms with Gasteiger partial charge in [-0.05, 0) is 18.2 Å². The molecule has 0 unspecified atom stereocenters. The first-order chi connectivity index (χ1) is 11.6. The van der Waals surface area contributed by atoms with Gasteiger partial charge in [-0.2, -0.15) is 0 Å². The van der Waals surface area contributed by atoms with E-state index in [9.17, 15) is 14.9 Å². The third-order valence-electron chi connectivity index (χ3n) is 3.38. The summed E-state index contributed by atoms with van der Waals surface area (Å²) in [5, 5.41) is 11.0. The van der Waals surface area contributed by atoms with Gasteiger partial charge in [0.1, 0.15) is 12.2 Å². The first-order valence-electron chi connectivity index (χ1n) is 7.01. The third kappa shape index (κ3) is 2.89. The van der Waals surface area contributed by atoms with Crippen LogP contribution in [0.5, 0.6) is 5.75 Å². The Morgan fingerprint density at radius 1 is 1.29 bits per heavy atom. The van der Waals surface area contributed by atoms with E-state index in [-0.39, 0.29) is 18.0 Å². The average molecular weight is 327 g/mol. The number of para-hydroxylation sites is 2. The van der Waals surface area contributed by atoms with Gasteiger partial charge in [-0.15, -0.1) is 0 Å². The van der Waals surface area contributed by atoms with Crippen molar-refractivity contribution < 1.29 is 19.2 Å². The molecule has 0 bridgehead atoms. The first-order valence-corrected chi connectivity index (χ1v) is 7.01. The zero-order chi connectivity index (χ0) is 17.1. The summed E-state index contributed by atoms with van der Waals surface area (Å²) in [6, 6.07) is 9.43. The molecular weight excluding hydrogens is 314 g/mol. The summed E-state index contributed by atoms with van der Waals surface area (Å²) in [5.41, 5.74) is 1.18. The van der Waals surface area contributed by atoms with E-state index in [0.29, 0.717) is 16.9 Å². The third-order valence-corrected chi connectivity index (χ3v) is 3.38. The number of pyridine rings is 1. The number of imidazole rings is 1. The predicted octanol–water partition coefficient (Wildman–Crippen LogP) is 2.61. The van der Waals surface area contributed by atoms with Gasteiger partial charge in [0.15, 0.2) is 11.4 Å². The topological polar surface area (TPSA) is 96.0 Å². The van der Waals surface area contributed by atoms with Crippen LogP contribution >= 0.6 is 0 Å². The number of hydrogen-bond donors (Lipinski definition) is 0. The van der Waals surface area contributed by atoms with Crippen LogP contribution in [-0.2, 0) is 11.3 Å². The summed E-state index contributed by atoms with van der Waals surface area (Å²) in [4.78, 5) is 26.6. The Kier molecular flexibility index (Phi) is 4.11. The first kappa shape index (κ1) is 15.5. The summed E-state index contributed by atoms with van der Waals surface area (Å²) < 4.78 is 11.9. The monoisotopic (exact) mass is 327 g/mol. The maximum absolute atomic E-state index is 11.8. The Hall–Kier alpha value is -3.42. The Balaban J connectivity index is 1.87. The van der Waals surface area contributed by atoms with E-state index in [1.54, 1.807) is 41.1 Å². The number of fused-ring (bicyclic) bond motifs is 1. The molecular formula is C16H13N3O5. The van der Waals surface area contributed by atoms with Crippen molar-refractivity contribution >= 4 is 17.3 Å². The van der Waals surface area contributed by atoms with E-state index < -0.39 is 10.9 Å². The van der Waals surface area contributed by atoms with Gasteiger partial charge in [0.25, 0.3) is 0 Å². The fourth-order valence-electron chi connectivity index (χ4n) is 2.28. The molecule has 0 aliphatic carbocycles. The van der Waals surface area contributed by atoms with E-state index in [1.165, 1.54) is 19.2 Å². The molecule has 1 aromatic carbocycles. The van der Waals surface area contributed by atoms with Gasteiger partial charge in [0.2, 0.25) is 0 Å². The smallest absolute Gasteiger partial charge is 0.341 e. The van der Waals surface area contributed by atoms with Crippen molar-refractivity contribution in [1.82, 2.24) is 9.38 Å². The molecule has 122 valence electrons. The number of carbonyl (C=O) groups excluding carboxylic acids is 1. The molecule has 8 nitrogen and oxygen atoms in total. The average Bonchev–Trinajstić information content (AvgIpc) is 3.02. The summed E-state index contributed by atoms with van der Waals surface area (Å²) in [6.07, 6.45) is 3.43. The summed E-state index contributed by atoms with van der Waals surface area (Å²) in [7, 11) is 1.30. The minimum atomic E-state index is -0.506. The standard InChI is InChI=1S/C16H13N3O5/c1-23-16(20)12-5-4-8-18-9-11(17-15(12)18)10-24-14-7-3-2-6-13(14)19(21)22/h2-9H,10H2,1H3. The Bertz CT molecular complexity index is 919. The largest absolute Gasteiger partial charge is 0.480 e.